The third kappa shape index (κ3) is 4.28. The predicted molar refractivity (Wildman–Crippen MR) is 76.3 cm³/mol. The highest BCUT2D eigenvalue weighted by molar-refractivity contribution is 5.40. The van der Waals surface area contributed by atoms with E-state index in [-0.39, 0.29) is 6.04 Å². The van der Waals surface area contributed by atoms with Crippen LogP contribution in [-0.4, -0.2) is 22.6 Å². The molecular formula is C14H20N4O. The normalized spacial score (nSPS) is 12.1. The molecule has 0 bridgehead atoms. The van der Waals surface area contributed by atoms with E-state index in [1.165, 1.54) is 0 Å². The van der Waals surface area contributed by atoms with Crippen LogP contribution in [0.3, 0.4) is 0 Å². The lowest BCUT2D eigenvalue weighted by molar-refractivity contribution is 0.497. The minimum absolute atomic E-state index is 0.250. The topological polar surface area (TPSA) is 63.0 Å². The van der Waals surface area contributed by atoms with E-state index >= 15 is 0 Å². The van der Waals surface area contributed by atoms with Gasteiger partial charge in [0.25, 0.3) is 0 Å². The van der Waals surface area contributed by atoms with Gasteiger partial charge in [0, 0.05) is 25.2 Å². The molecule has 0 amide bonds. The first-order valence-electron chi connectivity index (χ1n) is 6.63. The summed E-state index contributed by atoms with van der Waals surface area (Å²) in [6, 6.07) is 6.00. The molecule has 0 aromatic carbocycles. The number of rotatable bonds is 7. The van der Waals surface area contributed by atoms with Crippen molar-refractivity contribution in [2.45, 2.75) is 32.7 Å². The average molecular weight is 260 g/mol. The zero-order valence-corrected chi connectivity index (χ0v) is 11.4. The lowest BCUT2D eigenvalue weighted by atomic mass is 10.2. The van der Waals surface area contributed by atoms with Crippen LogP contribution in [0.2, 0.25) is 0 Å². The van der Waals surface area contributed by atoms with E-state index in [1.54, 1.807) is 12.5 Å². The van der Waals surface area contributed by atoms with Crippen LogP contribution in [-0.2, 0) is 6.42 Å². The zero-order chi connectivity index (χ0) is 13.5. The molecule has 5 heteroatoms. The first-order chi connectivity index (χ1) is 9.28. The summed E-state index contributed by atoms with van der Waals surface area (Å²) in [6.45, 7) is 5.09. The van der Waals surface area contributed by atoms with Crippen LogP contribution in [0.25, 0.3) is 0 Å². The average Bonchev–Trinajstić information content (AvgIpc) is 2.89. The van der Waals surface area contributed by atoms with Crippen LogP contribution in [0, 0.1) is 0 Å². The lowest BCUT2D eigenvalue weighted by Gasteiger charge is -2.13. The van der Waals surface area contributed by atoms with Crippen molar-refractivity contribution in [2.75, 3.05) is 17.2 Å². The van der Waals surface area contributed by atoms with E-state index in [1.807, 2.05) is 18.2 Å². The third-order valence-corrected chi connectivity index (χ3v) is 2.67. The van der Waals surface area contributed by atoms with Crippen LogP contribution in [0.1, 0.15) is 26.0 Å². The van der Waals surface area contributed by atoms with Crippen molar-refractivity contribution in [2.24, 2.45) is 0 Å². The van der Waals surface area contributed by atoms with E-state index in [4.69, 9.17) is 4.42 Å². The van der Waals surface area contributed by atoms with Gasteiger partial charge in [0.05, 0.1) is 6.26 Å². The van der Waals surface area contributed by atoms with E-state index in [0.29, 0.717) is 5.95 Å². The highest BCUT2D eigenvalue weighted by Gasteiger charge is 2.07. The smallest absolute Gasteiger partial charge is 0.224 e. The largest absolute Gasteiger partial charge is 0.469 e. The molecule has 0 saturated heterocycles. The highest BCUT2D eigenvalue weighted by atomic mass is 16.3. The molecule has 2 rings (SSSR count). The second kappa shape index (κ2) is 6.78. The maximum atomic E-state index is 5.33. The van der Waals surface area contributed by atoms with Gasteiger partial charge in [-0.3, -0.25) is 0 Å². The maximum absolute atomic E-state index is 5.33. The molecule has 0 aliphatic rings. The number of hydrogen-bond acceptors (Lipinski definition) is 5. The quantitative estimate of drug-likeness (QED) is 0.801. The van der Waals surface area contributed by atoms with Gasteiger partial charge >= 0.3 is 0 Å². The Morgan fingerprint density at radius 2 is 2.26 bits per heavy atom. The molecular weight excluding hydrogens is 240 g/mol. The molecule has 0 radical (unpaired) electrons. The molecule has 2 aromatic heterocycles. The van der Waals surface area contributed by atoms with Gasteiger partial charge in [-0.05, 0) is 31.5 Å². The van der Waals surface area contributed by atoms with Gasteiger partial charge < -0.3 is 15.1 Å². The Balaban J connectivity index is 1.90. The Bertz CT molecular complexity index is 484. The number of nitrogens with zero attached hydrogens (tertiary/aromatic N) is 2. The van der Waals surface area contributed by atoms with Gasteiger partial charge in [-0.25, -0.2) is 4.98 Å². The van der Waals surface area contributed by atoms with Gasteiger partial charge in [0.15, 0.2) is 0 Å². The number of nitrogens with one attached hydrogen (secondary N) is 2. The van der Waals surface area contributed by atoms with E-state index in [0.717, 1.165) is 31.0 Å². The standard InChI is InChI=1S/C14H20N4O/c1-3-7-15-14-16-8-6-13(18-14)17-11(2)10-12-5-4-9-19-12/h4-6,8-9,11H,3,7,10H2,1-2H3,(H2,15,16,17,18). The molecule has 102 valence electrons. The minimum Gasteiger partial charge on any atom is -0.469 e. The van der Waals surface area contributed by atoms with E-state index < -0.39 is 0 Å². The van der Waals surface area contributed by atoms with E-state index in [2.05, 4.69) is 34.4 Å². The molecule has 0 aliphatic carbocycles. The highest BCUT2D eigenvalue weighted by Crippen LogP contribution is 2.10. The van der Waals surface area contributed by atoms with Crippen molar-refractivity contribution in [1.29, 1.82) is 0 Å². The van der Waals surface area contributed by atoms with Crippen molar-refractivity contribution in [3.05, 3.63) is 36.4 Å². The summed E-state index contributed by atoms with van der Waals surface area (Å²) in [6.07, 6.45) is 5.33. The molecule has 19 heavy (non-hydrogen) atoms. The second-order valence-corrected chi connectivity index (χ2v) is 4.52. The molecule has 2 N–H and O–H groups in total. The monoisotopic (exact) mass is 260 g/mol. The summed E-state index contributed by atoms with van der Waals surface area (Å²) in [7, 11) is 0. The SMILES string of the molecule is CCCNc1nccc(NC(C)Cc2ccco2)n1. The van der Waals surface area contributed by atoms with Crippen LogP contribution in [0.15, 0.2) is 35.1 Å². The van der Waals surface area contributed by atoms with Crippen LogP contribution in [0.5, 0.6) is 0 Å². The first kappa shape index (κ1) is 13.4. The summed E-state index contributed by atoms with van der Waals surface area (Å²) in [5.74, 6) is 2.46. The maximum Gasteiger partial charge on any atom is 0.224 e. The van der Waals surface area contributed by atoms with Crippen LogP contribution < -0.4 is 10.6 Å². The van der Waals surface area contributed by atoms with Crippen molar-refractivity contribution in [3.8, 4) is 0 Å². The van der Waals surface area contributed by atoms with Gasteiger partial charge in [-0.15, -0.1) is 0 Å². The Morgan fingerprint density at radius 3 is 3.00 bits per heavy atom. The molecule has 2 heterocycles. The fourth-order valence-electron chi connectivity index (χ4n) is 1.80. The molecule has 0 fully saturated rings. The van der Waals surface area contributed by atoms with Crippen molar-refractivity contribution in [3.63, 3.8) is 0 Å². The lowest BCUT2D eigenvalue weighted by Crippen LogP contribution is -2.19. The molecule has 5 nitrogen and oxygen atoms in total. The third-order valence-electron chi connectivity index (χ3n) is 2.67. The minimum atomic E-state index is 0.250. The predicted octanol–water partition coefficient (Wildman–Crippen LogP) is 2.93. The van der Waals surface area contributed by atoms with Gasteiger partial charge in [-0.1, -0.05) is 6.92 Å². The molecule has 2 aromatic rings. The van der Waals surface area contributed by atoms with Crippen LogP contribution >= 0.6 is 0 Å². The molecule has 0 spiro atoms. The summed E-state index contributed by atoms with van der Waals surface area (Å²) >= 11 is 0. The summed E-state index contributed by atoms with van der Waals surface area (Å²) in [5, 5.41) is 6.52. The number of anilines is 2. The van der Waals surface area contributed by atoms with Crippen molar-refractivity contribution in [1.82, 2.24) is 9.97 Å². The fraction of sp³-hybridized carbons (Fsp3) is 0.429. The Morgan fingerprint density at radius 1 is 1.37 bits per heavy atom. The molecule has 0 aliphatic heterocycles. The Kier molecular flexibility index (Phi) is 4.78. The number of hydrogen-bond donors (Lipinski definition) is 2. The fourth-order valence-corrected chi connectivity index (χ4v) is 1.80. The Hall–Kier alpha value is -2.04. The van der Waals surface area contributed by atoms with Crippen LogP contribution in [0.4, 0.5) is 11.8 Å². The van der Waals surface area contributed by atoms with Gasteiger partial charge in [0.1, 0.15) is 11.6 Å². The zero-order valence-electron chi connectivity index (χ0n) is 11.4. The van der Waals surface area contributed by atoms with Gasteiger partial charge in [0.2, 0.25) is 5.95 Å². The van der Waals surface area contributed by atoms with Crippen molar-refractivity contribution >= 4 is 11.8 Å². The summed E-state index contributed by atoms with van der Waals surface area (Å²) < 4.78 is 5.33. The summed E-state index contributed by atoms with van der Waals surface area (Å²) in [5.41, 5.74) is 0. The van der Waals surface area contributed by atoms with E-state index in [9.17, 15) is 0 Å². The van der Waals surface area contributed by atoms with Gasteiger partial charge in [-0.2, -0.15) is 4.98 Å². The molecule has 1 unspecified atom stereocenters. The number of aromatic nitrogens is 2. The number of furan rings is 1. The Labute approximate surface area is 113 Å². The molecule has 1 atom stereocenters. The first-order valence-corrected chi connectivity index (χ1v) is 6.63. The molecule has 0 saturated carbocycles. The summed E-state index contributed by atoms with van der Waals surface area (Å²) in [4.78, 5) is 8.59. The second-order valence-electron chi connectivity index (χ2n) is 4.52. The van der Waals surface area contributed by atoms with Crippen molar-refractivity contribution < 1.29 is 4.42 Å².